The molecular weight excluding hydrogens is 339 g/mol. The molecule has 2 saturated heterocycles. The van der Waals surface area contributed by atoms with Gasteiger partial charge in [0.05, 0.1) is 19.1 Å². The highest BCUT2D eigenvalue weighted by atomic mass is 19.1. The second-order valence-corrected chi connectivity index (χ2v) is 8.28. The summed E-state index contributed by atoms with van der Waals surface area (Å²) in [5.74, 6) is -0.106. The van der Waals surface area contributed by atoms with Crippen LogP contribution in [0.2, 0.25) is 0 Å². The summed E-state index contributed by atoms with van der Waals surface area (Å²) in [6.07, 6.45) is 1.28. The number of halogens is 1. The van der Waals surface area contributed by atoms with Gasteiger partial charge in [0.15, 0.2) is 0 Å². The highest BCUT2D eigenvalue weighted by Crippen LogP contribution is 2.26. The third-order valence-corrected chi connectivity index (χ3v) is 4.98. The van der Waals surface area contributed by atoms with Gasteiger partial charge in [0.1, 0.15) is 11.8 Å². The number of esters is 1. The summed E-state index contributed by atoms with van der Waals surface area (Å²) in [5, 5.41) is 0. The van der Waals surface area contributed by atoms with E-state index in [1.165, 1.54) is 0 Å². The van der Waals surface area contributed by atoms with Gasteiger partial charge in [-0.15, -0.1) is 0 Å². The number of carbonyl (C=O) groups is 2. The third kappa shape index (κ3) is 6.11. The van der Waals surface area contributed by atoms with Gasteiger partial charge in [0.25, 0.3) is 0 Å². The predicted octanol–water partition coefficient (Wildman–Crippen LogP) is 3.00. The molecule has 2 fully saturated rings. The van der Waals surface area contributed by atoms with Crippen LogP contribution >= 0.6 is 0 Å². The summed E-state index contributed by atoms with van der Waals surface area (Å²) in [4.78, 5) is 27.9. The van der Waals surface area contributed by atoms with Crippen molar-refractivity contribution in [3.63, 3.8) is 0 Å². The molecular formula is C19H33FN2O4. The van der Waals surface area contributed by atoms with Gasteiger partial charge in [-0.2, -0.15) is 0 Å². The lowest BCUT2D eigenvalue weighted by molar-refractivity contribution is -0.149. The van der Waals surface area contributed by atoms with E-state index in [2.05, 4.69) is 4.90 Å². The first-order chi connectivity index (χ1) is 12.2. The van der Waals surface area contributed by atoms with Crippen LogP contribution in [-0.4, -0.2) is 72.5 Å². The number of hydrogen-bond acceptors (Lipinski definition) is 5. The average molecular weight is 372 g/mol. The van der Waals surface area contributed by atoms with E-state index in [9.17, 15) is 14.0 Å². The largest absolute Gasteiger partial charge is 0.466 e. The first kappa shape index (κ1) is 20.9. The molecule has 2 aliphatic heterocycles. The van der Waals surface area contributed by atoms with E-state index < -0.39 is 17.9 Å². The molecule has 0 radical (unpaired) electrons. The number of nitrogens with zero attached hydrogens (tertiary/aromatic N) is 2. The maximum atomic E-state index is 13.9. The monoisotopic (exact) mass is 372 g/mol. The van der Waals surface area contributed by atoms with Crippen molar-refractivity contribution in [3.05, 3.63) is 0 Å². The Kier molecular flexibility index (Phi) is 7.26. The molecule has 1 amide bonds. The minimum Gasteiger partial charge on any atom is -0.466 e. The van der Waals surface area contributed by atoms with Crippen LogP contribution in [-0.2, 0) is 14.3 Å². The van der Waals surface area contributed by atoms with Crippen LogP contribution in [0, 0.1) is 5.92 Å². The normalized spacial score (nSPS) is 25.3. The Labute approximate surface area is 156 Å². The van der Waals surface area contributed by atoms with Crippen molar-refractivity contribution < 1.29 is 23.5 Å². The van der Waals surface area contributed by atoms with Crippen LogP contribution in [0.25, 0.3) is 0 Å². The highest BCUT2D eigenvalue weighted by molar-refractivity contribution is 5.72. The van der Waals surface area contributed by atoms with Crippen LogP contribution in [0.4, 0.5) is 9.18 Å². The fourth-order valence-corrected chi connectivity index (χ4v) is 3.66. The summed E-state index contributed by atoms with van der Waals surface area (Å²) < 4.78 is 24.4. The van der Waals surface area contributed by atoms with Gasteiger partial charge in [0.2, 0.25) is 0 Å². The summed E-state index contributed by atoms with van der Waals surface area (Å²) in [5.41, 5.74) is -0.578. The minimum absolute atomic E-state index is 0.00818. The van der Waals surface area contributed by atoms with Gasteiger partial charge in [-0.05, 0) is 60.0 Å². The van der Waals surface area contributed by atoms with Gasteiger partial charge < -0.3 is 19.3 Å². The van der Waals surface area contributed by atoms with Gasteiger partial charge in [-0.25, -0.2) is 9.18 Å². The summed E-state index contributed by atoms with van der Waals surface area (Å²) in [6, 6.07) is -0.123. The number of carbonyl (C=O) groups excluding carboxylic acids is 2. The van der Waals surface area contributed by atoms with Crippen LogP contribution in [0.15, 0.2) is 0 Å². The molecule has 0 bridgehead atoms. The summed E-state index contributed by atoms with van der Waals surface area (Å²) >= 11 is 0. The molecule has 6 nitrogen and oxygen atoms in total. The zero-order valence-corrected chi connectivity index (χ0v) is 16.5. The van der Waals surface area contributed by atoms with Crippen molar-refractivity contribution in [2.24, 2.45) is 5.92 Å². The molecule has 0 spiro atoms. The van der Waals surface area contributed by atoms with E-state index in [1.807, 2.05) is 27.7 Å². The van der Waals surface area contributed by atoms with Crippen molar-refractivity contribution in [2.75, 3.05) is 32.8 Å². The topological polar surface area (TPSA) is 59.1 Å². The van der Waals surface area contributed by atoms with E-state index in [1.54, 1.807) is 4.90 Å². The zero-order chi connectivity index (χ0) is 19.3. The molecule has 0 aromatic carbocycles. The number of piperidine rings is 1. The first-order valence-corrected chi connectivity index (χ1v) is 9.72. The molecule has 0 aliphatic carbocycles. The fourth-order valence-electron chi connectivity index (χ4n) is 3.66. The minimum atomic E-state index is -0.984. The van der Waals surface area contributed by atoms with Crippen molar-refractivity contribution in [1.29, 1.82) is 0 Å². The second-order valence-electron chi connectivity index (χ2n) is 8.28. The molecule has 0 aromatic heterocycles. The molecule has 7 heteroatoms. The van der Waals surface area contributed by atoms with Crippen LogP contribution in [0.1, 0.15) is 53.4 Å². The Balaban J connectivity index is 1.79. The Morgan fingerprint density at radius 3 is 2.42 bits per heavy atom. The zero-order valence-electron chi connectivity index (χ0n) is 16.5. The SMILES string of the molecule is CCOC(=O)C1CCN(CC[C@@H]2C[C@H](F)CN2C(=O)OC(C)(C)C)CC1. The average Bonchev–Trinajstić information content (AvgIpc) is 2.93. The van der Waals surface area contributed by atoms with Crippen LogP contribution < -0.4 is 0 Å². The van der Waals surface area contributed by atoms with Gasteiger partial charge in [0, 0.05) is 19.0 Å². The summed E-state index contributed by atoms with van der Waals surface area (Å²) in [6.45, 7) is 10.3. The quantitative estimate of drug-likeness (QED) is 0.695. The molecule has 2 rings (SSSR count). The molecule has 26 heavy (non-hydrogen) atoms. The number of alkyl halides is 1. The summed E-state index contributed by atoms with van der Waals surface area (Å²) in [7, 11) is 0. The van der Waals surface area contributed by atoms with Gasteiger partial charge in [-0.1, -0.05) is 0 Å². The standard InChI is InChI=1S/C19H33FN2O4/c1-5-25-17(23)14-6-9-21(10-7-14)11-8-16-12-15(20)13-22(16)18(24)26-19(2,3)4/h14-16H,5-13H2,1-4H3/t15-,16+/m0/s1. The maximum Gasteiger partial charge on any atom is 0.410 e. The predicted molar refractivity (Wildman–Crippen MR) is 96.7 cm³/mol. The lowest BCUT2D eigenvalue weighted by atomic mass is 9.96. The maximum absolute atomic E-state index is 13.9. The molecule has 2 atom stereocenters. The van der Waals surface area contributed by atoms with E-state index in [0.717, 1.165) is 38.9 Å². The molecule has 0 N–H and O–H groups in total. The molecule has 0 saturated carbocycles. The van der Waals surface area contributed by atoms with Crippen molar-refractivity contribution in [1.82, 2.24) is 9.80 Å². The lowest BCUT2D eigenvalue weighted by Crippen LogP contribution is -2.43. The number of likely N-dealkylation sites (tertiary alicyclic amines) is 2. The molecule has 2 aliphatic rings. The molecule has 150 valence electrons. The number of rotatable bonds is 5. The van der Waals surface area contributed by atoms with Crippen molar-refractivity contribution in [2.45, 2.75) is 71.2 Å². The van der Waals surface area contributed by atoms with Gasteiger partial charge >= 0.3 is 12.1 Å². The Hall–Kier alpha value is -1.37. The Bertz CT molecular complexity index is 486. The number of ether oxygens (including phenoxy) is 2. The van der Waals surface area contributed by atoms with E-state index in [0.29, 0.717) is 13.0 Å². The first-order valence-electron chi connectivity index (χ1n) is 9.72. The Morgan fingerprint density at radius 1 is 1.19 bits per heavy atom. The van der Waals surface area contributed by atoms with Crippen molar-refractivity contribution in [3.8, 4) is 0 Å². The van der Waals surface area contributed by atoms with E-state index in [-0.39, 0.29) is 24.5 Å². The molecule has 2 heterocycles. The number of amides is 1. The van der Waals surface area contributed by atoms with Crippen molar-refractivity contribution >= 4 is 12.1 Å². The third-order valence-electron chi connectivity index (χ3n) is 4.98. The Morgan fingerprint density at radius 2 is 1.85 bits per heavy atom. The van der Waals surface area contributed by atoms with E-state index in [4.69, 9.17) is 9.47 Å². The van der Waals surface area contributed by atoms with E-state index >= 15 is 0 Å². The second kappa shape index (κ2) is 9.02. The van der Waals surface area contributed by atoms with Gasteiger partial charge in [-0.3, -0.25) is 4.79 Å². The highest BCUT2D eigenvalue weighted by Gasteiger charge is 2.38. The fraction of sp³-hybridized carbons (Fsp3) is 0.895. The smallest absolute Gasteiger partial charge is 0.410 e. The van der Waals surface area contributed by atoms with Crippen LogP contribution in [0.3, 0.4) is 0 Å². The molecule has 0 unspecified atom stereocenters. The lowest BCUT2D eigenvalue weighted by Gasteiger charge is -2.33. The molecule has 0 aromatic rings. The number of hydrogen-bond donors (Lipinski definition) is 0. The van der Waals surface area contributed by atoms with Crippen LogP contribution in [0.5, 0.6) is 0 Å².